The predicted molar refractivity (Wildman–Crippen MR) is 125 cm³/mol. The van der Waals surface area contributed by atoms with Crippen molar-refractivity contribution in [1.29, 1.82) is 0 Å². The van der Waals surface area contributed by atoms with Gasteiger partial charge in [0.2, 0.25) is 0 Å². The summed E-state index contributed by atoms with van der Waals surface area (Å²) in [7, 11) is 0. The van der Waals surface area contributed by atoms with Crippen molar-refractivity contribution in [3.05, 3.63) is 46.6 Å². The SMILES string of the molecule is CCCCC1=CC(CCC)=[C-]C1.CCCCC1=CC(CCC)=[C-]C1.C[Si](C)=[Hf+2].[Cl-].[Cl-]. The Kier molecular flexibility index (Phi) is 28.5. The number of unbranched alkanes of at least 4 members (excludes halogenated alkanes) is 2. The van der Waals surface area contributed by atoms with Gasteiger partial charge in [0.25, 0.3) is 0 Å². The van der Waals surface area contributed by atoms with Crippen LogP contribution in [0, 0.1) is 12.2 Å². The minimum Gasteiger partial charge on any atom is -1.00 e. The van der Waals surface area contributed by atoms with Gasteiger partial charge in [-0.3, -0.25) is 12.2 Å². The van der Waals surface area contributed by atoms with E-state index in [0.29, 0.717) is 0 Å². The summed E-state index contributed by atoms with van der Waals surface area (Å²) in [6.45, 7) is 13.6. The van der Waals surface area contributed by atoms with Crippen LogP contribution in [0.2, 0.25) is 13.1 Å². The minimum absolute atomic E-state index is 0. The van der Waals surface area contributed by atoms with Crippen molar-refractivity contribution in [3.63, 3.8) is 0 Å². The average molecular weight is 634 g/mol. The molecule has 0 fully saturated rings. The molecule has 0 bridgehead atoms. The van der Waals surface area contributed by atoms with Gasteiger partial charge in [0.15, 0.2) is 0 Å². The average Bonchev–Trinajstić information content (AvgIpc) is 3.28. The molecule has 0 unspecified atom stereocenters. The maximum Gasteiger partial charge on any atom is -1.00 e. The second-order valence-electron chi connectivity index (χ2n) is 8.07. The molecular weight excluding hydrogens is 590 g/mol. The molecule has 4 heteroatoms. The van der Waals surface area contributed by atoms with E-state index in [4.69, 9.17) is 0 Å². The molecule has 0 aromatic rings. The van der Waals surface area contributed by atoms with E-state index in [-0.39, 0.29) is 30.3 Å². The molecule has 0 N–H and O–H groups in total. The van der Waals surface area contributed by atoms with Gasteiger partial charge in [-0.05, 0) is 12.8 Å². The van der Waals surface area contributed by atoms with Crippen molar-refractivity contribution in [2.45, 2.75) is 118 Å². The van der Waals surface area contributed by atoms with E-state index in [1.807, 2.05) is 0 Å². The molecule has 0 nitrogen and oxygen atoms in total. The Morgan fingerprint density at radius 1 is 0.700 bits per heavy atom. The monoisotopic (exact) mass is 634 g/mol. The zero-order valence-corrected chi connectivity index (χ0v) is 26.5. The van der Waals surface area contributed by atoms with E-state index in [0.717, 1.165) is 12.8 Å². The fourth-order valence-corrected chi connectivity index (χ4v) is 3.14. The molecule has 0 saturated heterocycles. The molecule has 0 radical (unpaired) electrons. The summed E-state index contributed by atoms with van der Waals surface area (Å²) in [6.07, 6.45) is 26.6. The summed E-state index contributed by atoms with van der Waals surface area (Å²) in [5.74, 6) is 0. The fourth-order valence-electron chi connectivity index (χ4n) is 3.14. The summed E-state index contributed by atoms with van der Waals surface area (Å²) in [5, 5.41) is 0. The van der Waals surface area contributed by atoms with Crippen LogP contribution >= 0.6 is 0 Å². The minimum atomic E-state index is 0. The third kappa shape index (κ3) is 20.5. The van der Waals surface area contributed by atoms with Crippen molar-refractivity contribution in [2.24, 2.45) is 0 Å². The smallest absolute Gasteiger partial charge is 1.00 e. The molecule has 0 saturated carbocycles. The van der Waals surface area contributed by atoms with Gasteiger partial charge < -0.3 is 24.8 Å². The van der Waals surface area contributed by atoms with E-state index < -0.39 is 0 Å². The van der Waals surface area contributed by atoms with Gasteiger partial charge in [-0.15, -0.1) is 12.8 Å². The Bertz CT molecular complexity index is 511. The van der Waals surface area contributed by atoms with Gasteiger partial charge in [0.1, 0.15) is 0 Å². The fraction of sp³-hybridized carbons (Fsp3) is 0.692. The first-order valence-electron chi connectivity index (χ1n) is 11.6. The van der Waals surface area contributed by atoms with Crippen LogP contribution in [0.25, 0.3) is 0 Å². The van der Waals surface area contributed by atoms with Crippen molar-refractivity contribution in [1.82, 2.24) is 0 Å². The molecule has 0 atom stereocenters. The third-order valence-corrected chi connectivity index (χ3v) is 4.58. The molecule has 2 rings (SSSR count). The Hall–Kier alpha value is 0.627. The quantitative estimate of drug-likeness (QED) is 0.257. The van der Waals surface area contributed by atoms with Crippen LogP contribution in [0.15, 0.2) is 34.4 Å². The van der Waals surface area contributed by atoms with Crippen molar-refractivity contribution in [2.75, 3.05) is 0 Å². The van der Waals surface area contributed by atoms with Crippen molar-refractivity contribution >= 4 is 5.49 Å². The van der Waals surface area contributed by atoms with Crippen molar-refractivity contribution in [3.8, 4) is 0 Å². The molecule has 2 aliphatic rings. The molecular formula is C26H44Cl2HfSi-2. The molecule has 0 spiro atoms. The van der Waals surface area contributed by atoms with E-state index in [1.165, 1.54) is 98.4 Å². The maximum atomic E-state index is 3.44. The Morgan fingerprint density at radius 3 is 1.30 bits per heavy atom. The van der Waals surface area contributed by atoms with E-state index in [9.17, 15) is 0 Å². The molecule has 0 aromatic heterocycles. The zero-order chi connectivity index (χ0) is 21.2. The van der Waals surface area contributed by atoms with Crippen LogP contribution in [0.5, 0.6) is 0 Å². The zero-order valence-electron chi connectivity index (χ0n) is 20.4. The first kappa shape index (κ1) is 35.2. The van der Waals surface area contributed by atoms with Crippen LogP contribution in [0.1, 0.15) is 105 Å². The Labute approximate surface area is 216 Å². The molecule has 0 aliphatic heterocycles. The molecule has 0 amide bonds. The second kappa shape index (κ2) is 24.3. The topological polar surface area (TPSA) is 0 Å². The number of rotatable bonds is 10. The van der Waals surface area contributed by atoms with Gasteiger partial charge in [0.05, 0.1) is 0 Å². The van der Waals surface area contributed by atoms with Crippen LogP contribution in [-0.4, -0.2) is 5.49 Å². The standard InChI is InChI=1S/2C12H19.C2H6Si.2ClH.Hf/c2*1-3-5-7-12-9-8-11(10-12)6-4-2;1-3-2;;;/h2*10H,3-7,9H2,1-2H3;1-2H3;2*1H;/q2*-1;;;;+2/p-2. The molecule has 0 aromatic carbocycles. The Balaban J connectivity index is -0.000000391. The van der Waals surface area contributed by atoms with Gasteiger partial charge in [-0.1, -0.05) is 79.1 Å². The van der Waals surface area contributed by atoms with Crippen LogP contribution in [0.3, 0.4) is 0 Å². The van der Waals surface area contributed by atoms with E-state index in [2.05, 4.69) is 65.1 Å². The van der Waals surface area contributed by atoms with Crippen LogP contribution in [0.4, 0.5) is 0 Å². The van der Waals surface area contributed by atoms with Crippen LogP contribution < -0.4 is 24.8 Å². The first-order valence-corrected chi connectivity index (χ1v) is 19.5. The number of hydrogen-bond donors (Lipinski definition) is 0. The summed E-state index contributed by atoms with van der Waals surface area (Å²) in [4.78, 5) is 0. The number of hydrogen-bond acceptors (Lipinski definition) is 0. The third-order valence-electron chi connectivity index (χ3n) is 4.58. The summed E-state index contributed by atoms with van der Waals surface area (Å²) in [5.41, 5.74) is 6.35. The second-order valence-corrected chi connectivity index (χ2v) is 20.8. The molecule has 172 valence electrons. The van der Waals surface area contributed by atoms with Gasteiger partial charge in [-0.25, -0.2) is 23.3 Å². The largest absolute Gasteiger partial charge is 1.00 e. The first-order chi connectivity index (χ1) is 13.5. The number of allylic oxidation sites excluding steroid dienone is 8. The van der Waals surface area contributed by atoms with Crippen LogP contribution in [-0.2, 0) is 23.0 Å². The maximum absolute atomic E-state index is 3.44. The summed E-state index contributed by atoms with van der Waals surface area (Å²) < 4.78 is 0. The van der Waals surface area contributed by atoms with Gasteiger partial charge >= 0.3 is 41.6 Å². The summed E-state index contributed by atoms with van der Waals surface area (Å²) in [6, 6.07) is 0. The normalized spacial score (nSPS) is 13.9. The molecule has 0 heterocycles. The predicted octanol–water partition coefficient (Wildman–Crippen LogP) is 2.87. The number of halogens is 2. The summed E-state index contributed by atoms with van der Waals surface area (Å²) >= 11 is 1.45. The van der Waals surface area contributed by atoms with E-state index in [1.54, 1.807) is 11.1 Å². The molecule has 30 heavy (non-hydrogen) atoms. The van der Waals surface area contributed by atoms with Gasteiger partial charge in [-0.2, -0.15) is 11.1 Å². The van der Waals surface area contributed by atoms with E-state index >= 15 is 0 Å². The van der Waals surface area contributed by atoms with Crippen molar-refractivity contribution < 1.29 is 47.8 Å². The Morgan fingerprint density at radius 2 is 1.03 bits per heavy atom. The van der Waals surface area contributed by atoms with Gasteiger partial charge in [0, 0.05) is 0 Å². The molecule has 2 aliphatic carbocycles.